The second kappa shape index (κ2) is 5.85. The highest BCUT2D eigenvalue weighted by molar-refractivity contribution is 9.10. The van der Waals surface area contributed by atoms with Gasteiger partial charge >= 0.3 is 0 Å². The molecule has 1 aromatic rings. The van der Waals surface area contributed by atoms with Crippen LogP contribution in [0.4, 0.5) is 5.69 Å². The number of halogens is 1. The van der Waals surface area contributed by atoms with Crippen molar-refractivity contribution < 1.29 is 0 Å². The molecule has 1 saturated heterocycles. The fraction of sp³-hybridized carbons (Fsp3) is 0.538. The van der Waals surface area contributed by atoms with Gasteiger partial charge in [-0.05, 0) is 31.7 Å². The molecule has 4 heteroatoms. The van der Waals surface area contributed by atoms with Crippen molar-refractivity contribution in [2.24, 2.45) is 0 Å². The van der Waals surface area contributed by atoms with Crippen molar-refractivity contribution in [2.45, 2.75) is 13.0 Å². The van der Waals surface area contributed by atoms with Gasteiger partial charge in [0, 0.05) is 42.4 Å². The third kappa shape index (κ3) is 3.44. The van der Waals surface area contributed by atoms with E-state index in [0.29, 0.717) is 6.04 Å². The van der Waals surface area contributed by atoms with E-state index < -0.39 is 0 Å². The minimum absolute atomic E-state index is 0.571. The molecule has 0 radical (unpaired) electrons. The van der Waals surface area contributed by atoms with Crippen molar-refractivity contribution in [3.8, 4) is 0 Å². The molecule has 1 aromatic carbocycles. The Bertz CT molecular complexity index is 381. The van der Waals surface area contributed by atoms with Gasteiger partial charge in [-0.25, -0.2) is 0 Å². The molecular formula is C13H20BrN3. The fourth-order valence-electron chi connectivity index (χ4n) is 2.10. The average Bonchev–Trinajstić information content (AvgIpc) is 2.32. The van der Waals surface area contributed by atoms with Crippen LogP contribution in [0.25, 0.3) is 0 Å². The Balaban J connectivity index is 1.94. The Morgan fingerprint density at radius 3 is 3.12 bits per heavy atom. The number of hydrogen-bond acceptors (Lipinski definition) is 3. The number of hydrogen-bond donors (Lipinski definition) is 2. The molecule has 0 saturated carbocycles. The van der Waals surface area contributed by atoms with Crippen LogP contribution in [0, 0.1) is 6.92 Å². The fourth-order valence-corrected chi connectivity index (χ4v) is 2.46. The van der Waals surface area contributed by atoms with Gasteiger partial charge in [0.05, 0.1) is 0 Å². The van der Waals surface area contributed by atoms with E-state index in [2.05, 4.69) is 63.6 Å². The normalized spacial score (nSPS) is 21.5. The van der Waals surface area contributed by atoms with Crippen molar-refractivity contribution in [1.82, 2.24) is 10.2 Å². The molecule has 1 aliphatic rings. The molecule has 0 aromatic heterocycles. The van der Waals surface area contributed by atoms with Crippen molar-refractivity contribution in [1.29, 1.82) is 0 Å². The predicted molar refractivity (Wildman–Crippen MR) is 76.7 cm³/mol. The maximum absolute atomic E-state index is 3.54. The lowest BCUT2D eigenvalue weighted by Gasteiger charge is -2.33. The molecule has 0 aliphatic carbocycles. The number of likely N-dealkylation sites (N-methyl/N-ethyl adjacent to an activating group) is 1. The maximum Gasteiger partial charge on any atom is 0.0390 e. The molecule has 2 rings (SSSR count). The first kappa shape index (κ1) is 12.9. The summed E-state index contributed by atoms with van der Waals surface area (Å²) >= 11 is 3.51. The minimum Gasteiger partial charge on any atom is -0.383 e. The molecule has 1 fully saturated rings. The second-order valence-corrected chi connectivity index (χ2v) is 5.59. The molecule has 3 nitrogen and oxygen atoms in total. The Morgan fingerprint density at radius 2 is 2.35 bits per heavy atom. The summed E-state index contributed by atoms with van der Waals surface area (Å²) in [5.41, 5.74) is 2.51. The standard InChI is InChI=1S/C13H20BrN3/c1-10-3-4-11(14)7-13(10)16-9-12-8-15-5-6-17(12)2/h3-4,7,12,15-16H,5-6,8-9H2,1-2H3. The first-order chi connectivity index (χ1) is 8.16. The minimum atomic E-state index is 0.571. The van der Waals surface area contributed by atoms with Crippen molar-refractivity contribution in [3.05, 3.63) is 28.2 Å². The van der Waals surface area contributed by atoms with E-state index in [0.717, 1.165) is 30.7 Å². The number of nitrogens with zero attached hydrogens (tertiary/aromatic N) is 1. The average molecular weight is 298 g/mol. The maximum atomic E-state index is 3.54. The van der Waals surface area contributed by atoms with Gasteiger partial charge in [0.1, 0.15) is 0 Å². The quantitative estimate of drug-likeness (QED) is 0.894. The highest BCUT2D eigenvalue weighted by Gasteiger charge is 2.17. The monoisotopic (exact) mass is 297 g/mol. The smallest absolute Gasteiger partial charge is 0.0390 e. The van der Waals surface area contributed by atoms with Crippen LogP contribution in [0.3, 0.4) is 0 Å². The zero-order valence-electron chi connectivity index (χ0n) is 10.5. The van der Waals surface area contributed by atoms with Crippen LogP contribution in [0.2, 0.25) is 0 Å². The molecule has 0 amide bonds. The third-order valence-corrected chi connectivity index (χ3v) is 3.87. The largest absolute Gasteiger partial charge is 0.383 e. The lowest BCUT2D eigenvalue weighted by Crippen LogP contribution is -2.52. The first-order valence-electron chi connectivity index (χ1n) is 6.08. The van der Waals surface area contributed by atoms with Crippen LogP contribution in [0.1, 0.15) is 5.56 Å². The molecule has 17 heavy (non-hydrogen) atoms. The highest BCUT2D eigenvalue weighted by atomic mass is 79.9. The van der Waals surface area contributed by atoms with Crippen LogP contribution in [-0.4, -0.2) is 44.2 Å². The van der Waals surface area contributed by atoms with Gasteiger partial charge in [-0.1, -0.05) is 22.0 Å². The van der Waals surface area contributed by atoms with Crippen LogP contribution >= 0.6 is 15.9 Å². The second-order valence-electron chi connectivity index (χ2n) is 4.68. The lowest BCUT2D eigenvalue weighted by atomic mass is 10.1. The molecule has 94 valence electrons. The molecule has 2 N–H and O–H groups in total. The van der Waals surface area contributed by atoms with Crippen molar-refractivity contribution >= 4 is 21.6 Å². The molecule has 1 unspecified atom stereocenters. The number of rotatable bonds is 3. The summed E-state index contributed by atoms with van der Waals surface area (Å²) in [6.45, 7) is 6.42. The number of nitrogens with one attached hydrogen (secondary N) is 2. The third-order valence-electron chi connectivity index (χ3n) is 3.37. The summed E-state index contributed by atoms with van der Waals surface area (Å²) in [7, 11) is 2.20. The zero-order chi connectivity index (χ0) is 12.3. The molecule has 0 bridgehead atoms. The van der Waals surface area contributed by atoms with E-state index in [-0.39, 0.29) is 0 Å². The van der Waals surface area contributed by atoms with E-state index in [9.17, 15) is 0 Å². The summed E-state index contributed by atoms with van der Waals surface area (Å²) in [5.74, 6) is 0. The summed E-state index contributed by atoms with van der Waals surface area (Å²) in [6, 6.07) is 6.93. The van der Waals surface area contributed by atoms with Gasteiger partial charge in [0.2, 0.25) is 0 Å². The van der Waals surface area contributed by atoms with E-state index >= 15 is 0 Å². The Labute approximate surface area is 112 Å². The van der Waals surface area contributed by atoms with E-state index in [4.69, 9.17) is 0 Å². The van der Waals surface area contributed by atoms with Crippen molar-refractivity contribution in [3.63, 3.8) is 0 Å². The van der Waals surface area contributed by atoms with Gasteiger partial charge < -0.3 is 10.6 Å². The SMILES string of the molecule is Cc1ccc(Br)cc1NCC1CNCCN1C. The van der Waals surface area contributed by atoms with Crippen LogP contribution in [0.15, 0.2) is 22.7 Å². The van der Waals surface area contributed by atoms with Crippen molar-refractivity contribution in [2.75, 3.05) is 38.5 Å². The summed E-state index contributed by atoms with van der Waals surface area (Å²) < 4.78 is 1.13. The van der Waals surface area contributed by atoms with E-state index in [1.165, 1.54) is 11.3 Å². The molecule has 1 aliphatic heterocycles. The predicted octanol–water partition coefficient (Wildman–Crippen LogP) is 2.07. The highest BCUT2D eigenvalue weighted by Crippen LogP contribution is 2.20. The van der Waals surface area contributed by atoms with Gasteiger partial charge in [-0.15, -0.1) is 0 Å². The number of aryl methyl sites for hydroxylation is 1. The van der Waals surface area contributed by atoms with Crippen LogP contribution in [-0.2, 0) is 0 Å². The molecule has 1 heterocycles. The Hall–Kier alpha value is -0.580. The topological polar surface area (TPSA) is 27.3 Å². The number of benzene rings is 1. The van der Waals surface area contributed by atoms with Gasteiger partial charge in [0.25, 0.3) is 0 Å². The lowest BCUT2D eigenvalue weighted by molar-refractivity contribution is 0.209. The van der Waals surface area contributed by atoms with Gasteiger partial charge in [0.15, 0.2) is 0 Å². The summed E-state index contributed by atoms with van der Waals surface area (Å²) in [5, 5.41) is 6.98. The summed E-state index contributed by atoms with van der Waals surface area (Å²) in [4.78, 5) is 2.41. The number of anilines is 1. The van der Waals surface area contributed by atoms with E-state index in [1.807, 2.05) is 0 Å². The zero-order valence-corrected chi connectivity index (χ0v) is 12.0. The Kier molecular flexibility index (Phi) is 4.42. The van der Waals surface area contributed by atoms with Gasteiger partial charge in [-0.3, -0.25) is 4.90 Å². The first-order valence-corrected chi connectivity index (χ1v) is 6.87. The Morgan fingerprint density at radius 1 is 1.53 bits per heavy atom. The molecule has 1 atom stereocenters. The van der Waals surface area contributed by atoms with Crippen LogP contribution < -0.4 is 10.6 Å². The van der Waals surface area contributed by atoms with E-state index in [1.54, 1.807) is 0 Å². The molecular weight excluding hydrogens is 278 g/mol. The van der Waals surface area contributed by atoms with Gasteiger partial charge in [-0.2, -0.15) is 0 Å². The molecule has 0 spiro atoms. The van der Waals surface area contributed by atoms with Crippen LogP contribution in [0.5, 0.6) is 0 Å². The summed E-state index contributed by atoms with van der Waals surface area (Å²) in [6.07, 6.45) is 0. The number of piperazine rings is 1.